The number of aryl methyl sites for hydroxylation is 1. The fourth-order valence-electron chi connectivity index (χ4n) is 3.44. The van der Waals surface area contributed by atoms with Crippen LogP contribution in [0.4, 0.5) is 5.69 Å². The maximum absolute atomic E-state index is 12.8. The predicted octanol–water partition coefficient (Wildman–Crippen LogP) is 2.70. The Morgan fingerprint density at radius 2 is 1.82 bits per heavy atom. The van der Waals surface area contributed by atoms with E-state index >= 15 is 0 Å². The highest BCUT2D eigenvalue weighted by atomic mass is 32.2. The molecule has 0 radical (unpaired) electrons. The number of esters is 1. The first kappa shape index (κ1) is 25.7. The Balaban J connectivity index is 1.52. The first-order valence-corrected chi connectivity index (χ1v) is 12.5. The number of amides is 1. The number of ether oxygens (including phenoxy) is 3. The minimum absolute atomic E-state index is 0.0664. The normalized spacial score (nSPS) is 14.6. The Bertz CT molecular complexity index is 1130. The highest BCUT2D eigenvalue weighted by Gasteiger charge is 2.26. The molecule has 9 nitrogen and oxygen atoms in total. The van der Waals surface area contributed by atoms with Gasteiger partial charge in [-0.3, -0.25) is 4.79 Å². The van der Waals surface area contributed by atoms with Gasteiger partial charge in [0.25, 0.3) is 5.91 Å². The van der Waals surface area contributed by atoms with E-state index in [1.807, 2.05) is 39.0 Å². The molecule has 3 rings (SSSR count). The van der Waals surface area contributed by atoms with E-state index in [1.165, 1.54) is 22.5 Å². The number of carbonyl (C=O) groups is 2. The van der Waals surface area contributed by atoms with Crippen LogP contribution in [0.5, 0.6) is 5.75 Å². The van der Waals surface area contributed by atoms with Crippen molar-refractivity contribution in [1.82, 2.24) is 4.31 Å². The number of nitrogens with zero attached hydrogens (tertiary/aromatic N) is 1. The number of morpholine rings is 1. The molecule has 2 aromatic carbocycles. The van der Waals surface area contributed by atoms with Crippen molar-refractivity contribution in [1.29, 1.82) is 0 Å². The van der Waals surface area contributed by atoms with Gasteiger partial charge in [-0.1, -0.05) is 32.0 Å². The maximum atomic E-state index is 12.8. The molecule has 1 aliphatic heterocycles. The van der Waals surface area contributed by atoms with Crippen LogP contribution in [0.2, 0.25) is 0 Å². The third kappa shape index (κ3) is 6.78. The second-order valence-corrected chi connectivity index (χ2v) is 10.2. The number of benzene rings is 2. The second kappa shape index (κ2) is 11.5. The van der Waals surface area contributed by atoms with E-state index < -0.39 is 28.5 Å². The summed E-state index contributed by atoms with van der Waals surface area (Å²) in [6.07, 6.45) is 0. The molecule has 1 fully saturated rings. The van der Waals surface area contributed by atoms with Crippen LogP contribution in [0.3, 0.4) is 0 Å². The average molecular weight is 491 g/mol. The smallest absolute Gasteiger partial charge is 0.344 e. The van der Waals surface area contributed by atoms with E-state index in [2.05, 4.69) is 5.32 Å². The zero-order valence-corrected chi connectivity index (χ0v) is 20.4. The number of anilines is 1. The molecular formula is C24H30N2O7S. The van der Waals surface area contributed by atoms with Gasteiger partial charge in [-0.15, -0.1) is 0 Å². The Hall–Kier alpha value is -2.95. The highest BCUT2D eigenvalue weighted by Crippen LogP contribution is 2.27. The summed E-state index contributed by atoms with van der Waals surface area (Å²) in [4.78, 5) is 24.4. The van der Waals surface area contributed by atoms with Gasteiger partial charge in [-0.25, -0.2) is 13.2 Å². The molecule has 0 bridgehead atoms. The van der Waals surface area contributed by atoms with Gasteiger partial charge in [0.2, 0.25) is 10.0 Å². The SMILES string of the molecule is Cc1ccc(C(C)C)c(OCC(=O)OCC(=O)Nc2cccc(S(=O)(=O)N3CCOCC3)c2)c1. The van der Waals surface area contributed by atoms with Crippen molar-refractivity contribution >= 4 is 27.6 Å². The van der Waals surface area contributed by atoms with Crippen LogP contribution in [-0.2, 0) is 29.1 Å². The molecule has 1 aliphatic rings. The van der Waals surface area contributed by atoms with Crippen LogP contribution >= 0.6 is 0 Å². The minimum atomic E-state index is -3.69. The molecule has 2 aromatic rings. The molecule has 1 N–H and O–H groups in total. The van der Waals surface area contributed by atoms with Gasteiger partial charge in [0, 0.05) is 18.8 Å². The van der Waals surface area contributed by atoms with Crippen molar-refractivity contribution in [3.05, 3.63) is 53.6 Å². The van der Waals surface area contributed by atoms with Crippen molar-refractivity contribution in [2.24, 2.45) is 0 Å². The van der Waals surface area contributed by atoms with Crippen molar-refractivity contribution in [3.8, 4) is 5.75 Å². The van der Waals surface area contributed by atoms with Crippen LogP contribution < -0.4 is 10.1 Å². The summed E-state index contributed by atoms with van der Waals surface area (Å²) in [5.74, 6) is -0.447. The number of nitrogens with one attached hydrogen (secondary N) is 1. The summed E-state index contributed by atoms with van der Waals surface area (Å²) in [7, 11) is -3.69. The van der Waals surface area contributed by atoms with E-state index in [0.717, 1.165) is 11.1 Å². The lowest BCUT2D eigenvalue weighted by molar-refractivity contribution is -0.149. The number of hydrogen-bond donors (Lipinski definition) is 1. The number of hydrogen-bond acceptors (Lipinski definition) is 7. The quantitative estimate of drug-likeness (QED) is 0.538. The molecule has 10 heteroatoms. The molecule has 34 heavy (non-hydrogen) atoms. The summed E-state index contributed by atoms with van der Waals surface area (Å²) in [5, 5.41) is 2.55. The van der Waals surface area contributed by atoms with E-state index in [9.17, 15) is 18.0 Å². The summed E-state index contributed by atoms with van der Waals surface area (Å²) in [6, 6.07) is 11.7. The standard InChI is InChI=1S/C24H30N2O7S/c1-17(2)21-8-7-18(3)13-22(21)32-16-24(28)33-15-23(27)25-19-5-4-6-20(14-19)34(29,30)26-9-11-31-12-10-26/h4-8,13-14,17H,9-12,15-16H2,1-3H3,(H,25,27). The minimum Gasteiger partial charge on any atom is -0.482 e. The lowest BCUT2D eigenvalue weighted by atomic mass is 10.0. The zero-order valence-electron chi connectivity index (χ0n) is 19.6. The van der Waals surface area contributed by atoms with E-state index in [4.69, 9.17) is 14.2 Å². The highest BCUT2D eigenvalue weighted by molar-refractivity contribution is 7.89. The number of sulfonamides is 1. The molecule has 1 heterocycles. The first-order valence-electron chi connectivity index (χ1n) is 11.0. The third-order valence-corrected chi connectivity index (χ3v) is 7.12. The van der Waals surface area contributed by atoms with Crippen LogP contribution in [-0.4, -0.2) is 64.1 Å². The Morgan fingerprint density at radius 3 is 2.53 bits per heavy atom. The van der Waals surface area contributed by atoms with Crippen molar-refractivity contribution < 1.29 is 32.2 Å². The topological polar surface area (TPSA) is 111 Å². The molecule has 0 spiro atoms. The first-order chi connectivity index (χ1) is 16.2. The van der Waals surface area contributed by atoms with Gasteiger partial charge in [0.15, 0.2) is 13.2 Å². The van der Waals surface area contributed by atoms with Gasteiger partial charge in [0.05, 0.1) is 18.1 Å². The molecule has 1 amide bonds. The van der Waals surface area contributed by atoms with Crippen LogP contribution in [0.25, 0.3) is 0 Å². The summed E-state index contributed by atoms with van der Waals surface area (Å²) >= 11 is 0. The van der Waals surface area contributed by atoms with Gasteiger partial charge in [-0.2, -0.15) is 4.31 Å². The lowest BCUT2D eigenvalue weighted by Crippen LogP contribution is -2.40. The average Bonchev–Trinajstić information content (AvgIpc) is 2.82. The van der Waals surface area contributed by atoms with E-state index in [0.29, 0.717) is 19.0 Å². The third-order valence-electron chi connectivity index (χ3n) is 5.23. The zero-order chi connectivity index (χ0) is 24.7. The molecule has 0 aromatic heterocycles. The maximum Gasteiger partial charge on any atom is 0.344 e. The van der Waals surface area contributed by atoms with Gasteiger partial charge < -0.3 is 19.5 Å². The largest absolute Gasteiger partial charge is 0.482 e. The van der Waals surface area contributed by atoms with Gasteiger partial charge >= 0.3 is 5.97 Å². The number of carbonyl (C=O) groups excluding carboxylic acids is 2. The Labute approximate surface area is 200 Å². The lowest BCUT2D eigenvalue weighted by Gasteiger charge is -2.26. The molecule has 0 aliphatic carbocycles. The molecule has 184 valence electrons. The van der Waals surface area contributed by atoms with Crippen LogP contribution in [0, 0.1) is 6.92 Å². The Kier molecular flexibility index (Phi) is 8.65. The summed E-state index contributed by atoms with van der Waals surface area (Å²) in [5.41, 5.74) is 2.26. The second-order valence-electron chi connectivity index (χ2n) is 8.24. The van der Waals surface area contributed by atoms with Crippen molar-refractivity contribution in [2.75, 3.05) is 44.8 Å². The van der Waals surface area contributed by atoms with E-state index in [1.54, 1.807) is 6.07 Å². The van der Waals surface area contributed by atoms with E-state index in [-0.39, 0.29) is 36.2 Å². The monoisotopic (exact) mass is 490 g/mol. The fourth-order valence-corrected chi connectivity index (χ4v) is 4.89. The molecule has 1 saturated heterocycles. The van der Waals surface area contributed by atoms with Gasteiger partial charge in [0.1, 0.15) is 5.75 Å². The molecule has 0 atom stereocenters. The Morgan fingerprint density at radius 1 is 1.09 bits per heavy atom. The summed E-state index contributed by atoms with van der Waals surface area (Å²) in [6.45, 7) is 6.37. The van der Waals surface area contributed by atoms with Crippen molar-refractivity contribution in [3.63, 3.8) is 0 Å². The molecule has 0 unspecified atom stereocenters. The molecular weight excluding hydrogens is 460 g/mol. The predicted molar refractivity (Wildman–Crippen MR) is 126 cm³/mol. The van der Waals surface area contributed by atoms with Crippen molar-refractivity contribution in [2.45, 2.75) is 31.6 Å². The van der Waals surface area contributed by atoms with Crippen LogP contribution in [0.1, 0.15) is 30.9 Å². The molecule has 0 saturated carbocycles. The summed E-state index contributed by atoms with van der Waals surface area (Å²) < 4.78 is 42.8. The van der Waals surface area contributed by atoms with Crippen LogP contribution in [0.15, 0.2) is 47.4 Å². The van der Waals surface area contributed by atoms with Gasteiger partial charge in [-0.05, 0) is 48.2 Å². The number of rotatable bonds is 9. The fraction of sp³-hybridized carbons (Fsp3) is 0.417.